The summed E-state index contributed by atoms with van der Waals surface area (Å²) in [5.74, 6) is 1.06. The average Bonchev–Trinajstić information content (AvgIpc) is 3.45. The number of nitrogen functional groups attached to an aromatic ring is 2. The molecule has 14 heteroatoms. The molecule has 5 rings (SSSR count). The number of halogens is 1. The van der Waals surface area contributed by atoms with Gasteiger partial charge in [-0.1, -0.05) is 17.7 Å². The summed E-state index contributed by atoms with van der Waals surface area (Å²) in [6.07, 6.45) is 3.09. The maximum atomic E-state index is 13.5. The fourth-order valence-corrected chi connectivity index (χ4v) is 3.84. The van der Waals surface area contributed by atoms with Crippen LogP contribution >= 0.6 is 11.6 Å². The minimum Gasteiger partial charge on any atom is -0.421 e. The van der Waals surface area contributed by atoms with Gasteiger partial charge in [0.2, 0.25) is 11.8 Å². The highest BCUT2D eigenvalue weighted by Crippen LogP contribution is 2.33. The first kappa shape index (κ1) is 21.3. The zero-order valence-corrected chi connectivity index (χ0v) is 18.7. The van der Waals surface area contributed by atoms with Crippen molar-refractivity contribution in [3.8, 4) is 17.1 Å². The highest BCUT2D eigenvalue weighted by molar-refractivity contribution is 6.35. The Labute approximate surface area is 196 Å². The number of nitrogens with zero attached hydrogens (tertiary/aromatic N) is 7. The number of hydrogen-bond acceptors (Lipinski definition) is 11. The summed E-state index contributed by atoms with van der Waals surface area (Å²) < 4.78 is 6.95. The number of benzene rings is 1. The van der Waals surface area contributed by atoms with E-state index in [-0.39, 0.29) is 34.6 Å². The van der Waals surface area contributed by atoms with E-state index in [0.29, 0.717) is 33.3 Å². The maximum absolute atomic E-state index is 13.5. The van der Waals surface area contributed by atoms with Crippen LogP contribution in [0.3, 0.4) is 0 Å². The minimum absolute atomic E-state index is 0.0522. The van der Waals surface area contributed by atoms with E-state index >= 15 is 0 Å². The lowest BCUT2D eigenvalue weighted by atomic mass is 10.2. The van der Waals surface area contributed by atoms with Gasteiger partial charge < -0.3 is 21.2 Å². The van der Waals surface area contributed by atoms with Crippen LogP contribution in [0.2, 0.25) is 5.02 Å². The van der Waals surface area contributed by atoms with Gasteiger partial charge in [-0.3, -0.25) is 14.5 Å². The molecule has 0 aliphatic carbocycles. The number of hydrogen-bond donors (Lipinski definition) is 4. The molecule has 0 aliphatic heterocycles. The van der Waals surface area contributed by atoms with Gasteiger partial charge in [-0.25, -0.2) is 4.98 Å². The zero-order valence-electron chi connectivity index (χ0n) is 17.9. The predicted octanol–water partition coefficient (Wildman–Crippen LogP) is 2.25. The summed E-state index contributed by atoms with van der Waals surface area (Å²) in [7, 11) is 0. The van der Waals surface area contributed by atoms with Gasteiger partial charge in [0.25, 0.3) is 11.4 Å². The topological polar surface area (TPSA) is 192 Å². The Kier molecular flexibility index (Phi) is 5.09. The molecule has 0 aliphatic rings. The van der Waals surface area contributed by atoms with Crippen molar-refractivity contribution in [3.63, 3.8) is 0 Å². The third kappa shape index (κ3) is 3.57. The van der Waals surface area contributed by atoms with E-state index in [9.17, 15) is 4.79 Å². The fourth-order valence-electron chi connectivity index (χ4n) is 3.59. The Balaban J connectivity index is 1.68. The Hall–Kier alpha value is -4.52. The van der Waals surface area contributed by atoms with Crippen molar-refractivity contribution in [2.45, 2.75) is 19.9 Å². The Morgan fingerprint density at radius 3 is 2.74 bits per heavy atom. The van der Waals surface area contributed by atoms with E-state index in [2.05, 4.69) is 35.7 Å². The van der Waals surface area contributed by atoms with Crippen LogP contribution in [-0.4, -0.2) is 39.9 Å². The van der Waals surface area contributed by atoms with Gasteiger partial charge in [-0.15, -0.1) is 10.2 Å². The van der Waals surface area contributed by atoms with Crippen LogP contribution < -0.4 is 22.3 Å². The molecule has 0 amide bonds. The number of aromatic nitrogens is 8. The third-order valence-corrected chi connectivity index (χ3v) is 5.36. The highest BCUT2D eigenvalue weighted by Gasteiger charge is 2.24. The van der Waals surface area contributed by atoms with Gasteiger partial charge in [0.15, 0.2) is 0 Å². The van der Waals surface area contributed by atoms with E-state index < -0.39 is 6.04 Å². The Morgan fingerprint density at radius 1 is 1.21 bits per heavy atom. The highest BCUT2D eigenvalue weighted by atomic mass is 35.5. The number of nitrogens with one attached hydrogen (secondary N) is 2. The summed E-state index contributed by atoms with van der Waals surface area (Å²) in [5, 5.41) is 18.3. The maximum Gasteiger partial charge on any atom is 0.267 e. The van der Waals surface area contributed by atoms with Crippen LogP contribution in [0.25, 0.3) is 28.0 Å². The second-order valence-corrected chi connectivity index (χ2v) is 7.79. The zero-order chi connectivity index (χ0) is 24.0. The van der Waals surface area contributed by atoms with Crippen LogP contribution in [0.4, 0.5) is 17.6 Å². The number of aryl methyl sites for hydroxylation is 1. The summed E-state index contributed by atoms with van der Waals surface area (Å²) in [5.41, 5.74) is 12.8. The van der Waals surface area contributed by atoms with E-state index in [1.54, 1.807) is 38.2 Å². The first-order valence-electron chi connectivity index (χ1n) is 10.0. The average molecular weight is 480 g/mol. The molecule has 0 fully saturated rings. The van der Waals surface area contributed by atoms with Crippen LogP contribution in [0, 0.1) is 6.92 Å². The summed E-state index contributed by atoms with van der Waals surface area (Å²) in [6, 6.07) is 4.50. The predicted molar refractivity (Wildman–Crippen MR) is 125 cm³/mol. The monoisotopic (exact) mass is 479 g/mol. The molecule has 5 aromatic rings. The molecule has 1 aromatic carbocycles. The van der Waals surface area contributed by atoms with Crippen LogP contribution in [0.5, 0.6) is 0 Å². The standard InChI is InChI=1S/C20H18ClN11O2/c1-8(26-16-14(15(22)28-20(23)29-16)18-31-30-9(2)34-18)17-27-12-5-3-4-11(21)13(12)19(33)32(17)10-6-24-25-7-10/h3-8H,1-2H3,(H,24,25)(H5,22,23,26,28,29)/t8-/m0/s1. The van der Waals surface area contributed by atoms with Gasteiger partial charge >= 0.3 is 0 Å². The largest absolute Gasteiger partial charge is 0.421 e. The molecule has 1 atom stereocenters. The van der Waals surface area contributed by atoms with Crippen molar-refractivity contribution >= 4 is 40.1 Å². The molecule has 0 unspecified atom stereocenters. The summed E-state index contributed by atoms with van der Waals surface area (Å²) in [4.78, 5) is 26.5. The Morgan fingerprint density at radius 2 is 2.03 bits per heavy atom. The van der Waals surface area contributed by atoms with Gasteiger partial charge in [0, 0.05) is 13.1 Å². The molecule has 34 heavy (non-hydrogen) atoms. The number of nitrogens with two attached hydrogens (primary N) is 2. The van der Waals surface area contributed by atoms with Crippen molar-refractivity contribution in [2.24, 2.45) is 0 Å². The number of rotatable bonds is 5. The molecule has 0 saturated heterocycles. The van der Waals surface area contributed by atoms with Crippen molar-refractivity contribution < 1.29 is 4.42 Å². The number of fused-ring (bicyclic) bond motifs is 1. The minimum atomic E-state index is -0.581. The third-order valence-electron chi connectivity index (χ3n) is 5.05. The van der Waals surface area contributed by atoms with Crippen molar-refractivity contribution in [2.75, 3.05) is 16.8 Å². The lowest BCUT2D eigenvalue weighted by Gasteiger charge is -2.20. The number of H-pyrrole nitrogens is 1. The number of aromatic amines is 1. The molecule has 6 N–H and O–H groups in total. The van der Waals surface area contributed by atoms with Gasteiger partial charge in [-0.2, -0.15) is 15.1 Å². The molecular formula is C20H18ClN11O2. The van der Waals surface area contributed by atoms with Gasteiger partial charge in [0.1, 0.15) is 23.0 Å². The molecule has 4 heterocycles. The lowest BCUT2D eigenvalue weighted by molar-refractivity contribution is 0.532. The van der Waals surface area contributed by atoms with E-state index in [4.69, 9.17) is 32.5 Å². The normalized spacial score (nSPS) is 12.2. The quantitative estimate of drug-likeness (QED) is 0.288. The molecular weight excluding hydrogens is 462 g/mol. The first-order chi connectivity index (χ1) is 16.3. The molecule has 0 bridgehead atoms. The van der Waals surface area contributed by atoms with Crippen LogP contribution in [0.1, 0.15) is 24.7 Å². The molecule has 0 saturated carbocycles. The SMILES string of the molecule is Cc1nnc(-c2c(N)nc(N)nc2N[C@@H](C)c2nc3cccc(Cl)c3c(=O)n2-c2cn[nH]c2)o1. The van der Waals surface area contributed by atoms with Crippen molar-refractivity contribution in [1.29, 1.82) is 0 Å². The van der Waals surface area contributed by atoms with E-state index in [0.717, 1.165) is 0 Å². The van der Waals surface area contributed by atoms with Gasteiger partial charge in [0.05, 0.1) is 33.9 Å². The fraction of sp³-hybridized carbons (Fsp3) is 0.150. The van der Waals surface area contributed by atoms with Gasteiger partial charge in [-0.05, 0) is 19.1 Å². The Bertz CT molecular complexity index is 1580. The van der Waals surface area contributed by atoms with E-state index in [1.165, 1.54) is 10.8 Å². The summed E-state index contributed by atoms with van der Waals surface area (Å²) >= 11 is 6.32. The smallest absolute Gasteiger partial charge is 0.267 e. The molecule has 0 radical (unpaired) electrons. The van der Waals surface area contributed by atoms with E-state index in [1.807, 2.05) is 0 Å². The lowest BCUT2D eigenvalue weighted by Crippen LogP contribution is -2.27. The van der Waals surface area contributed by atoms with Crippen LogP contribution in [0.15, 0.2) is 39.8 Å². The second kappa shape index (κ2) is 8.12. The molecule has 13 nitrogen and oxygen atoms in total. The summed E-state index contributed by atoms with van der Waals surface area (Å²) in [6.45, 7) is 3.44. The molecule has 0 spiro atoms. The van der Waals surface area contributed by atoms with Crippen molar-refractivity contribution in [3.05, 3.63) is 57.7 Å². The van der Waals surface area contributed by atoms with Crippen LogP contribution in [-0.2, 0) is 0 Å². The first-order valence-corrected chi connectivity index (χ1v) is 10.4. The number of anilines is 3. The second-order valence-electron chi connectivity index (χ2n) is 7.38. The molecule has 172 valence electrons. The molecule has 4 aromatic heterocycles. The van der Waals surface area contributed by atoms with Crippen molar-refractivity contribution in [1.82, 2.24) is 39.9 Å².